The lowest BCUT2D eigenvalue weighted by Gasteiger charge is -2.13. The van der Waals surface area contributed by atoms with Gasteiger partial charge in [-0.3, -0.25) is 34.2 Å². The molecule has 25 heavy (non-hydrogen) atoms. The highest BCUT2D eigenvalue weighted by atomic mass is 16.6. The van der Waals surface area contributed by atoms with Gasteiger partial charge in [-0.1, -0.05) is 6.07 Å². The topological polar surface area (TPSA) is 136 Å². The second kappa shape index (κ2) is 7.51. The molecule has 0 radical (unpaired) electrons. The fourth-order valence-corrected chi connectivity index (χ4v) is 2.34. The van der Waals surface area contributed by atoms with Crippen molar-refractivity contribution in [2.45, 2.75) is 13.3 Å². The Kier molecular flexibility index (Phi) is 5.42. The van der Waals surface area contributed by atoms with E-state index in [1.54, 1.807) is 6.92 Å². The van der Waals surface area contributed by atoms with Crippen LogP contribution in [0, 0.1) is 10.1 Å². The molecule has 0 saturated carbocycles. The van der Waals surface area contributed by atoms with Crippen LogP contribution in [0.15, 0.2) is 18.2 Å². The molecule has 1 heterocycles. The van der Waals surface area contributed by atoms with Crippen molar-refractivity contribution in [3.05, 3.63) is 39.4 Å². The van der Waals surface area contributed by atoms with Gasteiger partial charge in [0.05, 0.1) is 16.9 Å². The summed E-state index contributed by atoms with van der Waals surface area (Å²) in [6, 6.07) is 3.76. The SMILES string of the molecule is CCNC(=O)COC(=O)CCN1C(=O)c2cccc([N+](=O)[O-])c2C1=O. The molecular weight excluding hydrogens is 334 g/mol. The molecule has 1 aromatic rings. The number of nitrogens with one attached hydrogen (secondary N) is 1. The Morgan fingerprint density at radius 1 is 1.28 bits per heavy atom. The zero-order chi connectivity index (χ0) is 18.6. The Balaban J connectivity index is 2.01. The summed E-state index contributed by atoms with van der Waals surface area (Å²) in [4.78, 5) is 58.3. The molecule has 0 saturated heterocycles. The predicted octanol–water partition coefficient (Wildman–Crippen LogP) is 0.260. The van der Waals surface area contributed by atoms with Gasteiger partial charge in [-0.25, -0.2) is 0 Å². The number of likely N-dealkylation sites (N-methyl/N-ethyl adjacent to an activating group) is 1. The third-order valence-corrected chi connectivity index (χ3v) is 3.45. The number of nitro benzene ring substituents is 1. The maximum atomic E-state index is 12.3. The van der Waals surface area contributed by atoms with E-state index in [-0.39, 0.29) is 24.1 Å². The van der Waals surface area contributed by atoms with Gasteiger partial charge in [0.25, 0.3) is 23.4 Å². The zero-order valence-corrected chi connectivity index (χ0v) is 13.3. The first-order valence-electron chi connectivity index (χ1n) is 7.42. The summed E-state index contributed by atoms with van der Waals surface area (Å²) in [5.41, 5.74) is -0.819. The highest BCUT2D eigenvalue weighted by Gasteiger charge is 2.40. The van der Waals surface area contributed by atoms with Crippen LogP contribution in [-0.4, -0.2) is 53.2 Å². The van der Waals surface area contributed by atoms with Crippen molar-refractivity contribution < 1.29 is 28.8 Å². The lowest BCUT2D eigenvalue weighted by Crippen LogP contribution is -2.33. The monoisotopic (exact) mass is 349 g/mol. The molecule has 3 amide bonds. The van der Waals surface area contributed by atoms with E-state index in [1.807, 2.05) is 0 Å². The summed E-state index contributed by atoms with van der Waals surface area (Å²) in [7, 11) is 0. The van der Waals surface area contributed by atoms with E-state index in [0.29, 0.717) is 6.54 Å². The van der Waals surface area contributed by atoms with Crippen LogP contribution in [0.25, 0.3) is 0 Å². The van der Waals surface area contributed by atoms with Crippen molar-refractivity contribution >= 4 is 29.4 Å². The molecule has 0 fully saturated rings. The first-order chi connectivity index (χ1) is 11.9. The molecule has 1 N–H and O–H groups in total. The minimum Gasteiger partial charge on any atom is -0.456 e. The Hall–Kier alpha value is -3.30. The van der Waals surface area contributed by atoms with Crippen molar-refractivity contribution in [3.63, 3.8) is 0 Å². The van der Waals surface area contributed by atoms with E-state index in [1.165, 1.54) is 12.1 Å². The third kappa shape index (κ3) is 3.79. The Labute approximate surface area is 141 Å². The van der Waals surface area contributed by atoms with Crippen molar-refractivity contribution in [1.82, 2.24) is 10.2 Å². The number of fused-ring (bicyclic) bond motifs is 1. The highest BCUT2D eigenvalue weighted by molar-refractivity contribution is 6.23. The van der Waals surface area contributed by atoms with Crippen LogP contribution in [0.4, 0.5) is 5.69 Å². The van der Waals surface area contributed by atoms with Crippen molar-refractivity contribution in [2.24, 2.45) is 0 Å². The van der Waals surface area contributed by atoms with Crippen LogP contribution in [0.1, 0.15) is 34.1 Å². The quantitative estimate of drug-likeness (QED) is 0.323. The first kappa shape index (κ1) is 18.0. The molecule has 1 aliphatic heterocycles. The summed E-state index contributed by atoms with van der Waals surface area (Å²) >= 11 is 0. The van der Waals surface area contributed by atoms with Crippen LogP contribution in [-0.2, 0) is 14.3 Å². The number of benzene rings is 1. The van der Waals surface area contributed by atoms with Gasteiger partial charge in [0.15, 0.2) is 6.61 Å². The lowest BCUT2D eigenvalue weighted by atomic mass is 10.1. The zero-order valence-electron chi connectivity index (χ0n) is 13.3. The minimum absolute atomic E-state index is 0.0742. The largest absolute Gasteiger partial charge is 0.456 e. The van der Waals surface area contributed by atoms with Gasteiger partial charge in [0.2, 0.25) is 0 Å². The normalized spacial score (nSPS) is 12.8. The number of hydrogen-bond donors (Lipinski definition) is 1. The molecule has 1 aliphatic rings. The lowest BCUT2D eigenvalue weighted by molar-refractivity contribution is -0.385. The summed E-state index contributed by atoms with van der Waals surface area (Å²) in [6.07, 6.45) is -0.321. The molecule has 10 heteroatoms. The maximum Gasteiger partial charge on any atom is 0.308 e. The number of carbonyl (C=O) groups excluding carboxylic acids is 4. The summed E-state index contributed by atoms with van der Waals surface area (Å²) in [5, 5.41) is 13.4. The molecule has 0 aromatic heterocycles. The summed E-state index contributed by atoms with van der Waals surface area (Å²) < 4.78 is 4.72. The number of carbonyl (C=O) groups is 4. The highest BCUT2D eigenvalue weighted by Crippen LogP contribution is 2.30. The fraction of sp³-hybridized carbons (Fsp3) is 0.333. The number of hydrogen-bond acceptors (Lipinski definition) is 7. The van der Waals surface area contributed by atoms with E-state index < -0.39 is 40.9 Å². The molecule has 10 nitrogen and oxygen atoms in total. The number of nitro groups is 1. The van der Waals surface area contributed by atoms with E-state index in [0.717, 1.165) is 11.0 Å². The van der Waals surface area contributed by atoms with Gasteiger partial charge in [0.1, 0.15) is 5.56 Å². The maximum absolute atomic E-state index is 12.3. The van der Waals surface area contributed by atoms with Crippen LogP contribution in [0.3, 0.4) is 0 Å². The van der Waals surface area contributed by atoms with Crippen molar-refractivity contribution in [1.29, 1.82) is 0 Å². The number of nitrogens with zero attached hydrogens (tertiary/aromatic N) is 2. The summed E-state index contributed by atoms with van der Waals surface area (Å²) in [6.45, 7) is 1.35. The van der Waals surface area contributed by atoms with Gasteiger partial charge >= 0.3 is 5.97 Å². The molecule has 132 valence electrons. The number of ether oxygens (including phenoxy) is 1. The van der Waals surface area contributed by atoms with E-state index in [2.05, 4.69) is 5.32 Å². The second-order valence-corrected chi connectivity index (χ2v) is 5.08. The van der Waals surface area contributed by atoms with Crippen LogP contribution >= 0.6 is 0 Å². The second-order valence-electron chi connectivity index (χ2n) is 5.08. The molecule has 2 rings (SSSR count). The van der Waals surface area contributed by atoms with Gasteiger partial charge in [-0.15, -0.1) is 0 Å². The minimum atomic E-state index is -0.830. The van der Waals surface area contributed by atoms with Gasteiger partial charge in [0, 0.05) is 19.2 Å². The van der Waals surface area contributed by atoms with Crippen molar-refractivity contribution in [2.75, 3.05) is 19.7 Å². The van der Waals surface area contributed by atoms with Gasteiger partial charge < -0.3 is 10.1 Å². The average Bonchev–Trinajstić information content (AvgIpc) is 2.82. The standard InChI is InChI=1S/C15H15N3O7/c1-2-16-11(19)8-25-12(20)6-7-17-14(21)9-4-3-5-10(18(23)24)13(9)15(17)22/h3-5H,2,6-8H2,1H3,(H,16,19). The first-order valence-corrected chi connectivity index (χ1v) is 7.42. The van der Waals surface area contributed by atoms with E-state index >= 15 is 0 Å². The number of esters is 1. The smallest absolute Gasteiger partial charge is 0.308 e. The van der Waals surface area contributed by atoms with Gasteiger partial charge in [-0.05, 0) is 13.0 Å². The molecule has 0 spiro atoms. The third-order valence-electron chi connectivity index (χ3n) is 3.45. The molecule has 0 aliphatic carbocycles. The van der Waals surface area contributed by atoms with Crippen LogP contribution in [0.2, 0.25) is 0 Å². The Morgan fingerprint density at radius 2 is 2.00 bits per heavy atom. The molecule has 0 atom stereocenters. The Morgan fingerprint density at radius 3 is 2.64 bits per heavy atom. The number of amides is 3. The summed E-state index contributed by atoms with van der Waals surface area (Å²) in [5.74, 6) is -2.77. The molecule has 0 unspecified atom stereocenters. The fourth-order valence-electron chi connectivity index (χ4n) is 2.34. The molecule has 1 aromatic carbocycles. The van der Waals surface area contributed by atoms with Gasteiger partial charge in [-0.2, -0.15) is 0 Å². The molecular formula is C15H15N3O7. The predicted molar refractivity (Wildman–Crippen MR) is 82.7 cm³/mol. The number of rotatable bonds is 7. The molecule has 0 bridgehead atoms. The van der Waals surface area contributed by atoms with Crippen molar-refractivity contribution in [3.8, 4) is 0 Å². The average molecular weight is 349 g/mol. The Bertz CT molecular complexity index is 759. The number of imide groups is 1. The van der Waals surface area contributed by atoms with Crippen LogP contribution < -0.4 is 5.32 Å². The van der Waals surface area contributed by atoms with E-state index in [4.69, 9.17) is 4.74 Å². The van der Waals surface area contributed by atoms with Crippen LogP contribution in [0.5, 0.6) is 0 Å². The van der Waals surface area contributed by atoms with E-state index in [9.17, 15) is 29.3 Å².